The fraction of sp³-hybridized carbons (Fsp3) is 0.462. The second-order valence-electron chi connectivity index (χ2n) is 5.11. The smallest absolute Gasteiger partial charge is 0.237 e. The Morgan fingerprint density at radius 1 is 1.29 bits per heavy atom. The summed E-state index contributed by atoms with van der Waals surface area (Å²) in [5, 5.41) is 4.83. The molecule has 0 unspecified atom stereocenters. The lowest BCUT2D eigenvalue weighted by molar-refractivity contribution is 0.383. The molecule has 0 saturated carbocycles. The molecule has 0 aromatic carbocycles. The summed E-state index contributed by atoms with van der Waals surface area (Å²) < 4.78 is 5.26. The van der Waals surface area contributed by atoms with Crippen LogP contribution in [0.2, 0.25) is 0 Å². The molecule has 0 fully saturated rings. The molecule has 0 atom stereocenters. The van der Waals surface area contributed by atoms with Crippen LogP contribution in [0.1, 0.15) is 32.0 Å². The summed E-state index contributed by atoms with van der Waals surface area (Å²) in [6.45, 7) is 4.36. The van der Waals surface area contributed by atoms with Gasteiger partial charge in [0, 0.05) is 6.42 Å². The first-order valence-corrected chi connectivity index (χ1v) is 7.79. The highest BCUT2D eigenvalue weighted by molar-refractivity contribution is 7.98. The Balaban J connectivity index is 1.64. The SMILES string of the molecule is CC(C)CCc1noc(CSc2ncnc3nc[nH]c23)n1. The van der Waals surface area contributed by atoms with Gasteiger partial charge < -0.3 is 9.51 Å². The summed E-state index contributed by atoms with van der Waals surface area (Å²) in [5.74, 6) is 2.61. The molecule has 0 aliphatic carbocycles. The van der Waals surface area contributed by atoms with Gasteiger partial charge in [-0.05, 0) is 12.3 Å². The maximum atomic E-state index is 5.26. The number of thioether (sulfide) groups is 1. The third-order valence-electron chi connectivity index (χ3n) is 2.98. The van der Waals surface area contributed by atoms with Crippen LogP contribution in [0.3, 0.4) is 0 Å². The van der Waals surface area contributed by atoms with E-state index in [1.807, 2.05) is 0 Å². The van der Waals surface area contributed by atoms with Crippen molar-refractivity contribution in [3.63, 3.8) is 0 Å². The number of hydrogen-bond acceptors (Lipinski definition) is 7. The van der Waals surface area contributed by atoms with E-state index < -0.39 is 0 Å². The number of aromatic amines is 1. The van der Waals surface area contributed by atoms with Crippen LogP contribution in [0.4, 0.5) is 0 Å². The van der Waals surface area contributed by atoms with Crippen LogP contribution in [0, 0.1) is 5.92 Å². The fourth-order valence-electron chi connectivity index (χ4n) is 1.85. The van der Waals surface area contributed by atoms with Gasteiger partial charge in [-0.2, -0.15) is 4.98 Å². The minimum absolute atomic E-state index is 0.583. The molecule has 8 heteroatoms. The average molecular weight is 304 g/mol. The van der Waals surface area contributed by atoms with Crippen LogP contribution in [0.15, 0.2) is 22.2 Å². The highest BCUT2D eigenvalue weighted by atomic mass is 32.2. The molecule has 3 rings (SSSR count). The molecular formula is C13H16N6OS. The molecule has 3 aromatic heterocycles. The van der Waals surface area contributed by atoms with Gasteiger partial charge in [-0.15, -0.1) is 0 Å². The maximum absolute atomic E-state index is 5.26. The van der Waals surface area contributed by atoms with Crippen LogP contribution < -0.4 is 0 Å². The number of nitrogens with zero attached hydrogens (tertiary/aromatic N) is 5. The fourth-order valence-corrected chi connectivity index (χ4v) is 2.64. The molecule has 3 heterocycles. The van der Waals surface area contributed by atoms with Crippen molar-refractivity contribution in [1.82, 2.24) is 30.1 Å². The standard InChI is InChI=1S/C13H16N6OS/c1-8(2)3-4-9-18-10(20-19-9)5-21-13-11-12(15-6-14-11)16-7-17-13/h6-8H,3-5H2,1-2H3,(H,14,15,16,17). The molecule has 3 aromatic rings. The van der Waals surface area contributed by atoms with E-state index in [1.165, 1.54) is 18.1 Å². The predicted octanol–water partition coefficient (Wildman–Crippen LogP) is 2.62. The van der Waals surface area contributed by atoms with Gasteiger partial charge >= 0.3 is 0 Å². The lowest BCUT2D eigenvalue weighted by Gasteiger charge is -1.99. The van der Waals surface area contributed by atoms with Crippen molar-refractivity contribution in [3.05, 3.63) is 24.4 Å². The molecule has 0 amide bonds. The maximum Gasteiger partial charge on any atom is 0.237 e. The van der Waals surface area contributed by atoms with Crippen molar-refractivity contribution in [2.75, 3.05) is 0 Å². The van der Waals surface area contributed by atoms with Gasteiger partial charge in [-0.3, -0.25) is 0 Å². The van der Waals surface area contributed by atoms with Gasteiger partial charge in [-0.1, -0.05) is 30.8 Å². The van der Waals surface area contributed by atoms with Crippen molar-refractivity contribution < 1.29 is 4.52 Å². The topological polar surface area (TPSA) is 93.4 Å². The zero-order valence-electron chi connectivity index (χ0n) is 11.9. The van der Waals surface area contributed by atoms with Crippen molar-refractivity contribution in [1.29, 1.82) is 0 Å². The van der Waals surface area contributed by atoms with Crippen LogP contribution >= 0.6 is 11.8 Å². The van der Waals surface area contributed by atoms with E-state index >= 15 is 0 Å². The molecule has 0 saturated heterocycles. The summed E-state index contributed by atoms with van der Waals surface area (Å²) in [4.78, 5) is 19.9. The number of aromatic nitrogens is 6. The van der Waals surface area contributed by atoms with E-state index in [2.05, 4.69) is 43.9 Å². The molecule has 0 radical (unpaired) electrons. The van der Waals surface area contributed by atoms with Crippen LogP contribution in [-0.4, -0.2) is 30.1 Å². The average Bonchev–Trinajstić information content (AvgIpc) is 3.12. The number of fused-ring (bicyclic) bond motifs is 1. The summed E-state index contributed by atoms with van der Waals surface area (Å²) >= 11 is 1.53. The van der Waals surface area contributed by atoms with Gasteiger partial charge in [0.05, 0.1) is 12.1 Å². The third-order valence-corrected chi connectivity index (χ3v) is 3.95. The Hall–Kier alpha value is -1.96. The number of H-pyrrole nitrogens is 1. The summed E-state index contributed by atoms with van der Waals surface area (Å²) in [6.07, 6.45) is 5.03. The molecule has 0 bridgehead atoms. The second kappa shape index (κ2) is 6.21. The third kappa shape index (κ3) is 3.38. The predicted molar refractivity (Wildman–Crippen MR) is 78.7 cm³/mol. The summed E-state index contributed by atoms with van der Waals surface area (Å²) in [5.41, 5.74) is 1.50. The Kier molecular flexibility index (Phi) is 4.14. The summed E-state index contributed by atoms with van der Waals surface area (Å²) in [6, 6.07) is 0. The van der Waals surface area contributed by atoms with Crippen molar-refractivity contribution >= 4 is 22.9 Å². The zero-order valence-corrected chi connectivity index (χ0v) is 12.7. The van der Waals surface area contributed by atoms with E-state index in [9.17, 15) is 0 Å². The first-order chi connectivity index (χ1) is 10.2. The van der Waals surface area contributed by atoms with Crippen LogP contribution in [0.25, 0.3) is 11.2 Å². The second-order valence-corrected chi connectivity index (χ2v) is 6.07. The molecule has 21 heavy (non-hydrogen) atoms. The van der Waals surface area contributed by atoms with Crippen molar-refractivity contribution in [2.45, 2.75) is 37.5 Å². The van der Waals surface area contributed by atoms with E-state index in [0.29, 0.717) is 23.2 Å². The number of aryl methyl sites for hydroxylation is 1. The highest BCUT2D eigenvalue weighted by Crippen LogP contribution is 2.24. The van der Waals surface area contributed by atoms with Gasteiger partial charge in [0.15, 0.2) is 11.5 Å². The van der Waals surface area contributed by atoms with Gasteiger partial charge in [0.2, 0.25) is 5.89 Å². The minimum atomic E-state index is 0.583. The molecule has 0 spiro atoms. The number of nitrogens with one attached hydrogen (secondary N) is 1. The van der Waals surface area contributed by atoms with E-state index in [-0.39, 0.29) is 0 Å². The van der Waals surface area contributed by atoms with Gasteiger partial charge in [0.25, 0.3) is 0 Å². The molecule has 7 nitrogen and oxygen atoms in total. The summed E-state index contributed by atoms with van der Waals surface area (Å²) in [7, 11) is 0. The largest absolute Gasteiger partial charge is 0.341 e. The van der Waals surface area contributed by atoms with Crippen LogP contribution in [0.5, 0.6) is 0 Å². The lowest BCUT2D eigenvalue weighted by Crippen LogP contribution is -1.94. The molecule has 0 aliphatic heterocycles. The Bertz CT molecular complexity index is 722. The highest BCUT2D eigenvalue weighted by Gasteiger charge is 2.11. The number of imidazole rings is 1. The molecular weight excluding hydrogens is 288 g/mol. The quantitative estimate of drug-likeness (QED) is 0.552. The van der Waals surface area contributed by atoms with E-state index in [1.54, 1.807) is 6.33 Å². The van der Waals surface area contributed by atoms with Gasteiger partial charge in [0.1, 0.15) is 16.9 Å². The van der Waals surface area contributed by atoms with Crippen LogP contribution in [-0.2, 0) is 12.2 Å². The Morgan fingerprint density at radius 3 is 3.05 bits per heavy atom. The molecule has 0 aliphatic rings. The zero-order chi connectivity index (χ0) is 14.7. The molecule has 110 valence electrons. The monoisotopic (exact) mass is 304 g/mol. The van der Waals surface area contributed by atoms with E-state index in [0.717, 1.165) is 29.2 Å². The van der Waals surface area contributed by atoms with Crippen molar-refractivity contribution in [3.8, 4) is 0 Å². The number of rotatable bonds is 6. The first-order valence-electron chi connectivity index (χ1n) is 6.80. The first kappa shape index (κ1) is 14.0. The lowest BCUT2D eigenvalue weighted by atomic mass is 10.1. The van der Waals surface area contributed by atoms with E-state index in [4.69, 9.17) is 4.52 Å². The number of hydrogen-bond donors (Lipinski definition) is 1. The Morgan fingerprint density at radius 2 is 2.19 bits per heavy atom. The molecule has 1 N–H and O–H groups in total. The minimum Gasteiger partial charge on any atom is -0.341 e. The Labute approximate surface area is 126 Å². The normalized spacial score (nSPS) is 11.6. The van der Waals surface area contributed by atoms with Gasteiger partial charge in [-0.25, -0.2) is 15.0 Å². The van der Waals surface area contributed by atoms with Crippen molar-refractivity contribution in [2.24, 2.45) is 5.92 Å².